The summed E-state index contributed by atoms with van der Waals surface area (Å²) in [4.78, 5) is 12.4. The van der Waals surface area contributed by atoms with E-state index in [1.165, 1.54) is 42.5 Å². The molecule has 0 spiro atoms. The Morgan fingerprint density at radius 1 is 0.893 bits per heavy atom. The molecule has 0 atom stereocenters. The Morgan fingerprint density at radius 2 is 1.64 bits per heavy atom. The van der Waals surface area contributed by atoms with E-state index in [0.29, 0.717) is 5.69 Å². The summed E-state index contributed by atoms with van der Waals surface area (Å²) in [7, 11) is -4.05. The zero-order valence-electron chi connectivity index (χ0n) is 15.4. The van der Waals surface area contributed by atoms with Gasteiger partial charge in [0.15, 0.2) is 0 Å². The quantitative estimate of drug-likeness (QED) is 0.665. The Bertz CT molecular complexity index is 1140. The summed E-state index contributed by atoms with van der Waals surface area (Å²) in [5.41, 5.74) is 2.77. The number of aryl methyl sites for hydroxylation is 2. The average molecular weight is 398 g/mol. The summed E-state index contributed by atoms with van der Waals surface area (Å²) in [6.07, 6.45) is 0. The number of benzene rings is 3. The molecule has 0 saturated heterocycles. The van der Waals surface area contributed by atoms with E-state index in [0.717, 1.165) is 17.2 Å². The molecule has 0 aliphatic rings. The molecule has 3 aromatic carbocycles. The molecular formula is C21H19FN2O3S. The minimum absolute atomic E-state index is 0.136. The number of anilines is 2. The molecule has 144 valence electrons. The Balaban J connectivity index is 1.83. The third kappa shape index (κ3) is 4.37. The number of carbonyl (C=O) groups excluding carboxylic acids is 1. The van der Waals surface area contributed by atoms with Crippen LogP contribution in [0.25, 0.3) is 0 Å². The first-order valence-corrected chi connectivity index (χ1v) is 10.0. The van der Waals surface area contributed by atoms with Gasteiger partial charge in [-0.05, 0) is 67.4 Å². The van der Waals surface area contributed by atoms with E-state index in [2.05, 4.69) is 10.0 Å². The highest BCUT2D eigenvalue weighted by atomic mass is 32.2. The van der Waals surface area contributed by atoms with Crippen LogP contribution in [0.1, 0.15) is 21.5 Å². The fourth-order valence-corrected chi connectivity index (χ4v) is 3.69. The fourth-order valence-electron chi connectivity index (χ4n) is 2.57. The highest BCUT2D eigenvalue weighted by Gasteiger charge is 2.18. The lowest BCUT2D eigenvalue weighted by molar-refractivity contribution is 0.102. The maximum atomic E-state index is 13.8. The summed E-state index contributed by atoms with van der Waals surface area (Å²) in [6.45, 7) is 3.91. The molecule has 28 heavy (non-hydrogen) atoms. The van der Waals surface area contributed by atoms with Crippen LogP contribution in [0.15, 0.2) is 71.6 Å². The number of rotatable bonds is 5. The van der Waals surface area contributed by atoms with Crippen molar-refractivity contribution in [2.75, 3.05) is 10.0 Å². The van der Waals surface area contributed by atoms with Gasteiger partial charge in [-0.25, -0.2) is 12.8 Å². The Kier molecular flexibility index (Phi) is 5.46. The van der Waals surface area contributed by atoms with Crippen molar-refractivity contribution in [3.63, 3.8) is 0 Å². The van der Waals surface area contributed by atoms with Gasteiger partial charge in [-0.1, -0.05) is 24.3 Å². The van der Waals surface area contributed by atoms with Crippen molar-refractivity contribution in [2.24, 2.45) is 0 Å². The number of carbonyl (C=O) groups is 1. The van der Waals surface area contributed by atoms with Crippen molar-refractivity contribution < 1.29 is 17.6 Å². The van der Waals surface area contributed by atoms with E-state index in [1.807, 2.05) is 26.0 Å². The normalized spacial score (nSPS) is 11.1. The van der Waals surface area contributed by atoms with E-state index < -0.39 is 21.7 Å². The van der Waals surface area contributed by atoms with Gasteiger partial charge in [0.2, 0.25) is 0 Å². The maximum absolute atomic E-state index is 13.8. The lowest BCUT2D eigenvalue weighted by atomic mass is 10.1. The van der Waals surface area contributed by atoms with Gasteiger partial charge in [0.05, 0.1) is 10.6 Å². The number of para-hydroxylation sites is 1. The zero-order valence-corrected chi connectivity index (χ0v) is 16.2. The summed E-state index contributed by atoms with van der Waals surface area (Å²) >= 11 is 0. The van der Waals surface area contributed by atoms with Crippen molar-refractivity contribution in [3.05, 3.63) is 89.2 Å². The topological polar surface area (TPSA) is 75.3 Å². The number of halogens is 1. The predicted octanol–water partition coefficient (Wildman–Crippen LogP) is 4.50. The minimum atomic E-state index is -4.05. The molecule has 0 aliphatic heterocycles. The van der Waals surface area contributed by atoms with Crippen molar-refractivity contribution in [1.29, 1.82) is 0 Å². The third-order valence-electron chi connectivity index (χ3n) is 4.29. The lowest BCUT2D eigenvalue weighted by Crippen LogP contribution is -2.16. The number of hydrogen-bond acceptors (Lipinski definition) is 3. The van der Waals surface area contributed by atoms with Crippen molar-refractivity contribution in [3.8, 4) is 0 Å². The predicted molar refractivity (Wildman–Crippen MR) is 108 cm³/mol. The van der Waals surface area contributed by atoms with Crippen LogP contribution in [0, 0.1) is 19.7 Å². The van der Waals surface area contributed by atoms with E-state index in [4.69, 9.17) is 0 Å². The van der Waals surface area contributed by atoms with Crippen LogP contribution >= 0.6 is 0 Å². The molecule has 0 heterocycles. The summed E-state index contributed by atoms with van der Waals surface area (Å²) in [5, 5.41) is 2.75. The first-order valence-electron chi connectivity index (χ1n) is 8.52. The van der Waals surface area contributed by atoms with E-state index >= 15 is 0 Å². The van der Waals surface area contributed by atoms with Gasteiger partial charge >= 0.3 is 0 Å². The van der Waals surface area contributed by atoms with Crippen LogP contribution in [0.2, 0.25) is 0 Å². The minimum Gasteiger partial charge on any atom is -0.322 e. The molecule has 5 nitrogen and oxygen atoms in total. The molecule has 0 aromatic heterocycles. The van der Waals surface area contributed by atoms with Crippen LogP contribution < -0.4 is 10.0 Å². The highest BCUT2D eigenvalue weighted by Crippen LogP contribution is 2.20. The molecule has 1 amide bonds. The SMILES string of the molecule is Cc1ccc(NC(=O)c2cccc(S(=O)(=O)Nc3ccccc3F)c2)cc1C. The van der Waals surface area contributed by atoms with Gasteiger partial charge in [0.1, 0.15) is 5.82 Å². The van der Waals surface area contributed by atoms with Crippen LogP contribution in [0.3, 0.4) is 0 Å². The second kappa shape index (κ2) is 7.82. The van der Waals surface area contributed by atoms with Gasteiger partial charge in [-0.3, -0.25) is 9.52 Å². The maximum Gasteiger partial charge on any atom is 0.262 e. The monoisotopic (exact) mass is 398 g/mol. The Labute approximate surface area is 163 Å². The van der Waals surface area contributed by atoms with Crippen molar-refractivity contribution in [1.82, 2.24) is 0 Å². The first-order chi connectivity index (χ1) is 13.3. The van der Waals surface area contributed by atoms with Crippen LogP contribution in [0.5, 0.6) is 0 Å². The van der Waals surface area contributed by atoms with Crippen molar-refractivity contribution in [2.45, 2.75) is 18.7 Å². The van der Waals surface area contributed by atoms with E-state index in [1.54, 1.807) is 6.07 Å². The number of sulfonamides is 1. The van der Waals surface area contributed by atoms with Crippen LogP contribution in [-0.4, -0.2) is 14.3 Å². The third-order valence-corrected chi connectivity index (χ3v) is 5.65. The summed E-state index contributed by atoms with van der Waals surface area (Å²) in [6, 6.07) is 16.5. The van der Waals surface area contributed by atoms with Gasteiger partial charge < -0.3 is 5.32 Å². The zero-order chi connectivity index (χ0) is 20.3. The molecule has 0 aliphatic carbocycles. The summed E-state index contributed by atoms with van der Waals surface area (Å²) in [5.74, 6) is -1.12. The standard InChI is InChI=1S/C21H19FN2O3S/c1-14-10-11-17(12-15(14)2)23-21(25)16-6-5-7-18(13-16)28(26,27)24-20-9-4-3-8-19(20)22/h3-13,24H,1-2H3,(H,23,25). The smallest absolute Gasteiger partial charge is 0.262 e. The molecule has 0 radical (unpaired) electrons. The van der Waals surface area contributed by atoms with Gasteiger partial charge in [0, 0.05) is 11.3 Å². The summed E-state index contributed by atoms with van der Waals surface area (Å²) < 4.78 is 41.1. The average Bonchev–Trinajstić information content (AvgIpc) is 2.66. The molecular weight excluding hydrogens is 379 g/mol. The molecule has 0 fully saturated rings. The van der Waals surface area contributed by atoms with Gasteiger partial charge in [-0.15, -0.1) is 0 Å². The molecule has 7 heteroatoms. The molecule has 0 bridgehead atoms. The first kappa shape index (κ1) is 19.6. The Morgan fingerprint density at radius 3 is 2.36 bits per heavy atom. The molecule has 0 saturated carbocycles. The van der Waals surface area contributed by atoms with Crippen LogP contribution in [-0.2, 0) is 10.0 Å². The number of amides is 1. The van der Waals surface area contributed by atoms with Gasteiger partial charge in [0.25, 0.3) is 15.9 Å². The van der Waals surface area contributed by atoms with Gasteiger partial charge in [-0.2, -0.15) is 0 Å². The fraction of sp³-hybridized carbons (Fsp3) is 0.0952. The van der Waals surface area contributed by atoms with Crippen molar-refractivity contribution >= 4 is 27.3 Å². The molecule has 3 aromatic rings. The van der Waals surface area contributed by atoms with E-state index in [9.17, 15) is 17.6 Å². The van der Waals surface area contributed by atoms with Crippen LogP contribution in [0.4, 0.5) is 15.8 Å². The highest BCUT2D eigenvalue weighted by molar-refractivity contribution is 7.92. The lowest BCUT2D eigenvalue weighted by Gasteiger charge is -2.11. The molecule has 2 N–H and O–H groups in total. The second-order valence-corrected chi connectivity index (χ2v) is 8.05. The Hall–Kier alpha value is -3.19. The number of hydrogen-bond donors (Lipinski definition) is 2. The second-order valence-electron chi connectivity index (χ2n) is 6.37. The molecule has 3 rings (SSSR count). The largest absolute Gasteiger partial charge is 0.322 e. The molecule has 0 unspecified atom stereocenters. The van der Waals surface area contributed by atoms with E-state index in [-0.39, 0.29) is 16.1 Å². The number of nitrogens with one attached hydrogen (secondary N) is 2.